The van der Waals surface area contributed by atoms with Gasteiger partial charge in [0, 0.05) is 13.2 Å². The van der Waals surface area contributed by atoms with E-state index >= 15 is 0 Å². The molecule has 1 saturated heterocycles. The zero-order valence-corrected chi connectivity index (χ0v) is 16.0. The van der Waals surface area contributed by atoms with Crippen molar-refractivity contribution in [1.82, 2.24) is 20.1 Å². The Balaban J connectivity index is 1.67. The van der Waals surface area contributed by atoms with E-state index in [1.165, 1.54) is 28.2 Å². The third-order valence-corrected chi connectivity index (χ3v) is 5.35. The molecule has 1 amide bonds. The van der Waals surface area contributed by atoms with Crippen LogP contribution >= 0.6 is 11.3 Å². The summed E-state index contributed by atoms with van der Waals surface area (Å²) >= 11 is 1.36. The van der Waals surface area contributed by atoms with E-state index in [1.54, 1.807) is 12.1 Å². The molecule has 6 nitrogen and oxygen atoms in total. The van der Waals surface area contributed by atoms with Gasteiger partial charge in [-0.25, -0.2) is 9.67 Å². The molecular weight excluding hydrogens is 405 g/mol. The van der Waals surface area contributed by atoms with E-state index in [4.69, 9.17) is 4.74 Å². The van der Waals surface area contributed by atoms with Gasteiger partial charge in [-0.15, -0.1) is 16.4 Å². The number of nitrogens with zero attached hydrogens (tertiary/aromatic N) is 3. The number of amides is 1. The maximum atomic E-state index is 13.1. The Morgan fingerprint density at radius 1 is 1.31 bits per heavy atom. The minimum atomic E-state index is -4.48. The van der Waals surface area contributed by atoms with Gasteiger partial charge in [0.2, 0.25) is 5.82 Å². The SMILES string of the molecule is O=C(NC[C@@H]1CCCO1)c1nc(-c2cccs2)n(-c2cccc(C(F)(F)F)c2)n1. The predicted molar refractivity (Wildman–Crippen MR) is 101 cm³/mol. The third kappa shape index (κ3) is 4.33. The van der Waals surface area contributed by atoms with Crippen molar-refractivity contribution in [3.63, 3.8) is 0 Å². The second-order valence-electron chi connectivity index (χ2n) is 6.54. The number of carbonyl (C=O) groups is 1. The summed E-state index contributed by atoms with van der Waals surface area (Å²) < 4.78 is 46.1. The summed E-state index contributed by atoms with van der Waals surface area (Å²) in [5.74, 6) is -0.297. The van der Waals surface area contributed by atoms with Gasteiger partial charge in [0.05, 0.1) is 22.2 Å². The molecule has 10 heteroatoms. The Labute approximate surface area is 168 Å². The largest absolute Gasteiger partial charge is 0.416 e. The maximum absolute atomic E-state index is 13.1. The van der Waals surface area contributed by atoms with Crippen LogP contribution in [0.15, 0.2) is 41.8 Å². The Morgan fingerprint density at radius 3 is 2.86 bits per heavy atom. The van der Waals surface area contributed by atoms with Crippen molar-refractivity contribution in [2.24, 2.45) is 0 Å². The van der Waals surface area contributed by atoms with E-state index < -0.39 is 17.6 Å². The average molecular weight is 422 g/mol. The number of carbonyl (C=O) groups excluding carboxylic acids is 1. The number of rotatable bonds is 5. The summed E-state index contributed by atoms with van der Waals surface area (Å²) in [6.07, 6.45) is -2.71. The monoisotopic (exact) mass is 422 g/mol. The zero-order valence-electron chi connectivity index (χ0n) is 15.1. The highest BCUT2D eigenvalue weighted by Crippen LogP contribution is 2.32. The van der Waals surface area contributed by atoms with Crippen molar-refractivity contribution in [1.29, 1.82) is 0 Å². The van der Waals surface area contributed by atoms with Crippen molar-refractivity contribution < 1.29 is 22.7 Å². The topological polar surface area (TPSA) is 69.0 Å². The summed E-state index contributed by atoms with van der Waals surface area (Å²) in [6.45, 7) is 1.01. The Kier molecular flexibility index (Phi) is 5.37. The van der Waals surface area contributed by atoms with Gasteiger partial charge < -0.3 is 10.1 Å². The summed E-state index contributed by atoms with van der Waals surface area (Å²) in [5, 5.41) is 8.75. The number of halogens is 3. The minimum Gasteiger partial charge on any atom is -0.376 e. The van der Waals surface area contributed by atoms with Crippen molar-refractivity contribution in [3.05, 3.63) is 53.2 Å². The van der Waals surface area contributed by atoms with Gasteiger partial charge in [-0.05, 0) is 42.5 Å². The number of ether oxygens (including phenoxy) is 1. The van der Waals surface area contributed by atoms with Crippen LogP contribution in [0, 0.1) is 0 Å². The third-order valence-electron chi connectivity index (χ3n) is 4.48. The number of hydrogen-bond acceptors (Lipinski definition) is 5. The van der Waals surface area contributed by atoms with E-state index in [0.717, 1.165) is 25.0 Å². The van der Waals surface area contributed by atoms with Crippen molar-refractivity contribution >= 4 is 17.2 Å². The normalized spacial score (nSPS) is 16.9. The first-order chi connectivity index (χ1) is 13.9. The maximum Gasteiger partial charge on any atom is 0.416 e. The fraction of sp³-hybridized carbons (Fsp3) is 0.316. The number of thiophene rings is 1. The molecule has 2 aromatic heterocycles. The molecule has 3 aromatic rings. The smallest absolute Gasteiger partial charge is 0.376 e. The molecule has 3 heterocycles. The van der Waals surface area contributed by atoms with Crippen molar-refractivity contribution in [2.45, 2.75) is 25.1 Å². The lowest BCUT2D eigenvalue weighted by molar-refractivity contribution is -0.137. The Bertz CT molecular complexity index is 995. The predicted octanol–water partition coefficient (Wildman–Crippen LogP) is 3.92. The van der Waals surface area contributed by atoms with Gasteiger partial charge in [0.15, 0.2) is 5.82 Å². The highest BCUT2D eigenvalue weighted by atomic mass is 32.1. The molecular formula is C19H17F3N4O2S. The molecule has 0 saturated carbocycles. The Hall–Kier alpha value is -2.72. The molecule has 0 unspecified atom stereocenters. The second kappa shape index (κ2) is 7.96. The summed E-state index contributed by atoms with van der Waals surface area (Å²) in [7, 11) is 0. The zero-order chi connectivity index (χ0) is 20.4. The van der Waals surface area contributed by atoms with Gasteiger partial charge in [0.25, 0.3) is 5.91 Å². The molecule has 4 rings (SSSR count). The van der Waals surface area contributed by atoms with Crippen LogP contribution in [0.5, 0.6) is 0 Å². The standard InChI is InChI=1S/C19H17F3N4O2S/c20-19(21,22)12-4-1-5-13(10-12)26-17(15-7-3-9-29-15)24-16(25-26)18(27)23-11-14-6-2-8-28-14/h1,3-5,7,9-10,14H,2,6,8,11H2,(H,23,27)/t14-/m0/s1. The lowest BCUT2D eigenvalue weighted by atomic mass is 10.2. The number of hydrogen-bond donors (Lipinski definition) is 1. The number of benzene rings is 1. The molecule has 0 bridgehead atoms. The molecule has 0 spiro atoms. The van der Waals surface area contributed by atoms with Gasteiger partial charge in [-0.2, -0.15) is 13.2 Å². The molecule has 1 fully saturated rings. The molecule has 29 heavy (non-hydrogen) atoms. The van der Waals surface area contributed by atoms with Crippen molar-refractivity contribution in [3.8, 4) is 16.4 Å². The van der Waals surface area contributed by atoms with E-state index in [-0.39, 0.29) is 17.6 Å². The molecule has 1 aliphatic rings. The van der Waals surface area contributed by atoms with E-state index in [0.29, 0.717) is 23.9 Å². The molecule has 152 valence electrons. The van der Waals surface area contributed by atoms with Crippen LogP contribution < -0.4 is 5.32 Å². The lowest BCUT2D eigenvalue weighted by Crippen LogP contribution is -2.32. The fourth-order valence-electron chi connectivity index (χ4n) is 3.06. The lowest BCUT2D eigenvalue weighted by Gasteiger charge is -2.10. The quantitative estimate of drug-likeness (QED) is 0.677. The summed E-state index contributed by atoms with van der Waals surface area (Å²) in [4.78, 5) is 17.5. The molecule has 1 aliphatic heterocycles. The molecule has 1 atom stereocenters. The first-order valence-corrected chi connectivity index (χ1v) is 9.88. The minimum absolute atomic E-state index is 0.0405. The van der Waals surface area contributed by atoms with Crippen LogP contribution in [-0.2, 0) is 10.9 Å². The van der Waals surface area contributed by atoms with Gasteiger partial charge in [0.1, 0.15) is 0 Å². The molecule has 0 radical (unpaired) electrons. The number of alkyl halides is 3. The van der Waals surface area contributed by atoms with E-state index in [2.05, 4.69) is 15.4 Å². The summed E-state index contributed by atoms with van der Waals surface area (Å²) in [6, 6.07) is 8.33. The van der Waals surface area contributed by atoms with Gasteiger partial charge in [-0.1, -0.05) is 12.1 Å². The highest BCUT2D eigenvalue weighted by Gasteiger charge is 2.31. The summed E-state index contributed by atoms with van der Waals surface area (Å²) in [5.41, 5.74) is -0.624. The first kappa shape index (κ1) is 19.6. The van der Waals surface area contributed by atoms with Crippen LogP contribution in [0.2, 0.25) is 0 Å². The van der Waals surface area contributed by atoms with Gasteiger partial charge in [-0.3, -0.25) is 4.79 Å². The average Bonchev–Trinajstić information content (AvgIpc) is 3.46. The van der Waals surface area contributed by atoms with E-state index in [9.17, 15) is 18.0 Å². The van der Waals surface area contributed by atoms with Crippen LogP contribution in [0.3, 0.4) is 0 Å². The second-order valence-corrected chi connectivity index (χ2v) is 7.49. The number of aromatic nitrogens is 3. The first-order valence-electron chi connectivity index (χ1n) is 9.00. The van der Waals surface area contributed by atoms with Crippen LogP contribution in [0.4, 0.5) is 13.2 Å². The molecule has 1 aromatic carbocycles. The van der Waals surface area contributed by atoms with Crippen LogP contribution in [0.25, 0.3) is 16.4 Å². The fourth-order valence-corrected chi connectivity index (χ4v) is 3.76. The van der Waals surface area contributed by atoms with Crippen LogP contribution in [-0.4, -0.2) is 39.9 Å². The Morgan fingerprint density at radius 2 is 2.17 bits per heavy atom. The van der Waals surface area contributed by atoms with Crippen LogP contribution in [0.1, 0.15) is 29.0 Å². The van der Waals surface area contributed by atoms with Gasteiger partial charge >= 0.3 is 6.18 Å². The molecule has 0 aliphatic carbocycles. The van der Waals surface area contributed by atoms with Crippen molar-refractivity contribution in [2.75, 3.05) is 13.2 Å². The number of nitrogens with one attached hydrogen (secondary N) is 1. The highest BCUT2D eigenvalue weighted by molar-refractivity contribution is 7.13. The molecule has 1 N–H and O–H groups in total. The van der Waals surface area contributed by atoms with E-state index in [1.807, 2.05) is 5.38 Å².